The normalized spacial score (nSPS) is 18.2. The molecule has 2 rings (SSSR count). The van der Waals surface area contributed by atoms with Crippen LogP contribution in [0.1, 0.15) is 0 Å². The number of rotatable bonds is 2. The van der Waals surface area contributed by atoms with Crippen LogP contribution in [0.15, 0.2) is 29.3 Å². The summed E-state index contributed by atoms with van der Waals surface area (Å²) in [6.45, 7) is 0.430. The summed E-state index contributed by atoms with van der Waals surface area (Å²) in [5.41, 5.74) is 0.824. The molecule has 0 N–H and O–H groups in total. The monoisotopic (exact) mass is 236 g/mol. The molecule has 84 valence electrons. The summed E-state index contributed by atoms with van der Waals surface area (Å²) in [6, 6.07) is 7.42. The van der Waals surface area contributed by atoms with Gasteiger partial charge < -0.3 is 9.64 Å². The van der Waals surface area contributed by atoms with Crippen LogP contribution in [-0.4, -0.2) is 35.9 Å². The Hall–Kier alpha value is -1.49. The van der Waals surface area contributed by atoms with Crippen molar-refractivity contribution in [3.05, 3.63) is 24.3 Å². The summed E-state index contributed by atoms with van der Waals surface area (Å²) in [4.78, 5) is 17.4. The second kappa shape index (κ2) is 4.57. The summed E-state index contributed by atoms with van der Waals surface area (Å²) in [7, 11) is 3.49. The number of benzene rings is 1. The summed E-state index contributed by atoms with van der Waals surface area (Å²) in [5, 5.41) is 0.880. The maximum Gasteiger partial charge on any atom is 0.215 e. The van der Waals surface area contributed by atoms with Gasteiger partial charge in [-0.1, -0.05) is 0 Å². The van der Waals surface area contributed by atoms with Crippen molar-refractivity contribution in [2.45, 2.75) is 0 Å². The molecule has 1 saturated heterocycles. The van der Waals surface area contributed by atoms with Crippen molar-refractivity contribution in [3.63, 3.8) is 0 Å². The molecule has 1 aliphatic heterocycles. The molecular weight excluding hydrogens is 224 g/mol. The average molecular weight is 236 g/mol. The van der Waals surface area contributed by atoms with Gasteiger partial charge in [-0.15, -0.1) is 0 Å². The number of nitrogens with zero attached hydrogens (tertiary/aromatic N) is 2. The van der Waals surface area contributed by atoms with E-state index in [0.29, 0.717) is 6.54 Å². The molecule has 1 aromatic rings. The molecule has 0 unspecified atom stereocenters. The van der Waals surface area contributed by atoms with Crippen molar-refractivity contribution in [2.24, 2.45) is 4.99 Å². The van der Waals surface area contributed by atoms with Crippen molar-refractivity contribution >= 4 is 27.7 Å². The van der Waals surface area contributed by atoms with E-state index < -0.39 is 0 Å². The molecule has 0 aromatic heterocycles. The van der Waals surface area contributed by atoms with Gasteiger partial charge in [-0.2, -0.15) is 0 Å². The molecule has 4 nitrogen and oxygen atoms in total. The molecule has 0 amide bonds. The highest BCUT2D eigenvalue weighted by Crippen LogP contribution is 2.24. The van der Waals surface area contributed by atoms with Gasteiger partial charge in [0.1, 0.15) is 5.75 Å². The van der Waals surface area contributed by atoms with Crippen molar-refractivity contribution in [2.75, 3.05) is 20.7 Å². The Balaban J connectivity index is 2.19. The lowest BCUT2D eigenvalue weighted by Gasteiger charge is -2.08. The average Bonchev–Trinajstić information content (AvgIpc) is 2.59. The summed E-state index contributed by atoms with van der Waals surface area (Å²) < 4.78 is 5.06. The number of aliphatic imine (C=N–C) groups is 1. The Labute approximate surface area is 98.3 Å². The number of methoxy groups -OCH3 is 1. The fourth-order valence-electron chi connectivity index (χ4n) is 1.35. The van der Waals surface area contributed by atoms with Gasteiger partial charge in [0, 0.05) is 7.05 Å². The van der Waals surface area contributed by atoms with Gasteiger partial charge in [0.15, 0.2) is 5.17 Å². The highest BCUT2D eigenvalue weighted by atomic mass is 32.2. The molecule has 16 heavy (non-hydrogen) atoms. The van der Waals surface area contributed by atoms with Crippen LogP contribution in [0.3, 0.4) is 0 Å². The van der Waals surface area contributed by atoms with Crippen LogP contribution < -0.4 is 4.74 Å². The minimum absolute atomic E-state index is 0.134. The highest BCUT2D eigenvalue weighted by Gasteiger charge is 2.23. The van der Waals surface area contributed by atoms with Crippen molar-refractivity contribution < 1.29 is 9.53 Å². The van der Waals surface area contributed by atoms with Crippen molar-refractivity contribution in [1.82, 2.24) is 4.90 Å². The smallest absolute Gasteiger partial charge is 0.215 e. The zero-order valence-corrected chi connectivity index (χ0v) is 9.95. The second-order valence-electron chi connectivity index (χ2n) is 3.42. The third-order valence-electron chi connectivity index (χ3n) is 2.20. The standard InChI is InChI=1S/C11H12N2O2S/c1-13-7-10(14)16-11(13)12-8-3-5-9(15-2)6-4-8/h3-6H,7H2,1-2H3. The van der Waals surface area contributed by atoms with Gasteiger partial charge in [-0.05, 0) is 36.0 Å². The number of ether oxygens (including phenoxy) is 1. The summed E-state index contributed by atoms with van der Waals surface area (Å²) in [5.74, 6) is 0.799. The zero-order valence-electron chi connectivity index (χ0n) is 9.14. The molecule has 0 spiro atoms. The first-order valence-corrected chi connectivity index (χ1v) is 5.65. The van der Waals surface area contributed by atoms with E-state index in [1.807, 2.05) is 36.2 Å². The Morgan fingerprint density at radius 3 is 2.56 bits per heavy atom. The topological polar surface area (TPSA) is 41.9 Å². The van der Waals surface area contributed by atoms with Gasteiger partial charge in [0.25, 0.3) is 0 Å². The maximum atomic E-state index is 11.2. The van der Waals surface area contributed by atoms with Crippen molar-refractivity contribution in [3.8, 4) is 5.75 Å². The fourth-order valence-corrected chi connectivity index (χ4v) is 2.18. The van der Waals surface area contributed by atoms with Crippen LogP contribution in [-0.2, 0) is 4.79 Å². The SMILES string of the molecule is COc1ccc(N=C2SC(=O)CN2C)cc1. The first-order valence-electron chi connectivity index (χ1n) is 4.83. The summed E-state index contributed by atoms with van der Waals surface area (Å²) in [6.07, 6.45) is 0. The van der Waals surface area contributed by atoms with E-state index >= 15 is 0 Å². The maximum absolute atomic E-state index is 11.2. The number of carbonyl (C=O) groups excluding carboxylic acids is 1. The largest absolute Gasteiger partial charge is 0.497 e. The molecule has 1 aromatic carbocycles. The van der Waals surface area contributed by atoms with Gasteiger partial charge in [0.2, 0.25) is 5.12 Å². The third-order valence-corrected chi connectivity index (χ3v) is 3.14. The number of carbonyl (C=O) groups is 1. The molecule has 1 aliphatic rings. The van der Waals surface area contributed by atoms with E-state index in [0.717, 1.165) is 16.6 Å². The first kappa shape index (κ1) is 11.0. The molecule has 5 heteroatoms. The Morgan fingerprint density at radius 1 is 1.38 bits per heavy atom. The second-order valence-corrected chi connectivity index (χ2v) is 4.45. The van der Waals surface area contributed by atoms with Crippen molar-refractivity contribution in [1.29, 1.82) is 0 Å². The van der Waals surface area contributed by atoms with E-state index in [4.69, 9.17) is 4.74 Å². The molecule has 0 aliphatic carbocycles. The molecule has 0 saturated carbocycles. The van der Waals surface area contributed by atoms with E-state index in [2.05, 4.69) is 4.99 Å². The zero-order chi connectivity index (χ0) is 11.5. The predicted molar refractivity (Wildman–Crippen MR) is 65.3 cm³/mol. The highest BCUT2D eigenvalue weighted by molar-refractivity contribution is 8.26. The molecule has 1 heterocycles. The van der Waals surface area contributed by atoms with Crippen LogP contribution in [0.25, 0.3) is 0 Å². The molecular formula is C11H12N2O2S. The lowest BCUT2D eigenvalue weighted by atomic mass is 10.3. The van der Waals surface area contributed by atoms with Crippen LogP contribution in [0.2, 0.25) is 0 Å². The van der Waals surface area contributed by atoms with Crippen LogP contribution in [0.5, 0.6) is 5.75 Å². The van der Waals surface area contributed by atoms with Gasteiger partial charge in [-0.3, -0.25) is 4.79 Å². The lowest BCUT2D eigenvalue weighted by molar-refractivity contribution is -0.110. The van der Waals surface area contributed by atoms with Gasteiger partial charge in [0.05, 0.1) is 19.3 Å². The third kappa shape index (κ3) is 2.36. The Kier molecular flexibility index (Phi) is 3.14. The van der Waals surface area contributed by atoms with E-state index in [-0.39, 0.29) is 5.12 Å². The number of hydrogen-bond donors (Lipinski definition) is 0. The van der Waals surface area contributed by atoms with E-state index in [1.165, 1.54) is 11.8 Å². The number of thioether (sulfide) groups is 1. The number of amidine groups is 1. The Morgan fingerprint density at radius 2 is 2.06 bits per heavy atom. The van der Waals surface area contributed by atoms with Gasteiger partial charge in [-0.25, -0.2) is 4.99 Å². The van der Waals surface area contributed by atoms with Crippen LogP contribution in [0.4, 0.5) is 5.69 Å². The van der Waals surface area contributed by atoms with E-state index in [9.17, 15) is 4.79 Å². The predicted octanol–water partition coefficient (Wildman–Crippen LogP) is 1.89. The molecule has 0 radical (unpaired) electrons. The first-order chi connectivity index (χ1) is 7.69. The number of likely N-dealkylation sites (N-methyl/N-ethyl adjacent to an activating group) is 1. The van der Waals surface area contributed by atoms with Gasteiger partial charge >= 0.3 is 0 Å². The molecule has 0 atom stereocenters. The number of hydrogen-bond acceptors (Lipinski definition) is 4. The minimum Gasteiger partial charge on any atom is -0.497 e. The lowest BCUT2D eigenvalue weighted by Crippen LogP contribution is -2.18. The van der Waals surface area contributed by atoms with E-state index in [1.54, 1.807) is 7.11 Å². The quantitative estimate of drug-likeness (QED) is 0.786. The van der Waals surface area contributed by atoms with Crippen LogP contribution in [0, 0.1) is 0 Å². The fraction of sp³-hybridized carbons (Fsp3) is 0.273. The van der Waals surface area contributed by atoms with Crippen LogP contribution >= 0.6 is 11.8 Å². The minimum atomic E-state index is 0.134. The Bertz CT molecular complexity index is 428. The molecule has 1 fully saturated rings. The molecule has 0 bridgehead atoms. The summed E-state index contributed by atoms with van der Waals surface area (Å²) >= 11 is 1.18.